The number of benzene rings is 1. The fourth-order valence-electron chi connectivity index (χ4n) is 4.15. The third-order valence-corrected chi connectivity index (χ3v) is 6.12. The highest BCUT2D eigenvalue weighted by molar-refractivity contribution is 5.75. The standard InChI is InChI=1S/C25H38F2O3/c1-3-5-7-8-10-18-29-21-16-17-22(24(27)23(21)26)30-25(28)20-14-12-19(13-15-20)11-9-6-4-2/h16-17,19-20H,3-15,18H2,1-2H3/t19-,20-. The first kappa shape index (κ1) is 24.6. The molecule has 0 bridgehead atoms. The van der Waals surface area contributed by atoms with Crippen molar-refractivity contribution in [3.8, 4) is 11.5 Å². The first-order chi connectivity index (χ1) is 14.6. The molecule has 1 aliphatic rings. The molecule has 5 heteroatoms. The monoisotopic (exact) mass is 424 g/mol. The number of ether oxygens (including phenoxy) is 2. The fraction of sp³-hybridized carbons (Fsp3) is 0.720. The summed E-state index contributed by atoms with van der Waals surface area (Å²) >= 11 is 0. The van der Waals surface area contributed by atoms with Crippen molar-refractivity contribution in [3.05, 3.63) is 23.8 Å². The van der Waals surface area contributed by atoms with Crippen LogP contribution in [0.5, 0.6) is 11.5 Å². The summed E-state index contributed by atoms with van der Waals surface area (Å²) in [5.41, 5.74) is 0. The van der Waals surface area contributed by atoms with Gasteiger partial charge in [0.15, 0.2) is 11.5 Å². The van der Waals surface area contributed by atoms with Crippen molar-refractivity contribution in [2.45, 2.75) is 97.3 Å². The molecular weight excluding hydrogens is 386 g/mol. The lowest BCUT2D eigenvalue weighted by molar-refractivity contribution is -0.140. The Hall–Kier alpha value is -1.65. The molecule has 1 saturated carbocycles. The Kier molecular flexibility index (Phi) is 11.2. The minimum Gasteiger partial charge on any atom is -0.490 e. The molecule has 0 atom stereocenters. The van der Waals surface area contributed by atoms with Gasteiger partial charge in [-0.25, -0.2) is 0 Å². The molecule has 0 radical (unpaired) electrons. The van der Waals surface area contributed by atoms with E-state index in [-0.39, 0.29) is 17.4 Å². The summed E-state index contributed by atoms with van der Waals surface area (Å²) in [7, 11) is 0. The van der Waals surface area contributed by atoms with Crippen LogP contribution in [0, 0.1) is 23.5 Å². The average Bonchev–Trinajstić information content (AvgIpc) is 2.76. The maximum Gasteiger partial charge on any atom is 0.314 e. The Morgan fingerprint density at radius 3 is 2.17 bits per heavy atom. The van der Waals surface area contributed by atoms with E-state index in [1.165, 1.54) is 44.2 Å². The number of carbonyl (C=O) groups excluding carboxylic acids is 1. The number of hydrogen-bond donors (Lipinski definition) is 0. The molecule has 0 aliphatic heterocycles. The van der Waals surface area contributed by atoms with Crippen LogP contribution in [-0.2, 0) is 4.79 Å². The van der Waals surface area contributed by atoms with Crippen LogP contribution in [0.1, 0.15) is 97.3 Å². The van der Waals surface area contributed by atoms with Gasteiger partial charge in [-0.15, -0.1) is 0 Å². The smallest absolute Gasteiger partial charge is 0.314 e. The molecule has 3 nitrogen and oxygen atoms in total. The molecule has 0 spiro atoms. The van der Waals surface area contributed by atoms with E-state index in [0.717, 1.165) is 51.4 Å². The molecule has 0 aromatic heterocycles. The van der Waals surface area contributed by atoms with Gasteiger partial charge < -0.3 is 9.47 Å². The third-order valence-electron chi connectivity index (χ3n) is 6.12. The quantitative estimate of drug-likeness (QED) is 0.186. The van der Waals surface area contributed by atoms with Gasteiger partial charge in [-0.1, -0.05) is 65.2 Å². The molecule has 30 heavy (non-hydrogen) atoms. The molecule has 1 fully saturated rings. The minimum absolute atomic E-state index is 0.129. The van der Waals surface area contributed by atoms with E-state index in [4.69, 9.17) is 9.47 Å². The Labute approximate surface area is 180 Å². The third kappa shape index (κ3) is 7.88. The van der Waals surface area contributed by atoms with E-state index in [1.807, 2.05) is 0 Å². The van der Waals surface area contributed by atoms with Crippen LogP contribution < -0.4 is 9.47 Å². The van der Waals surface area contributed by atoms with Gasteiger partial charge in [0, 0.05) is 0 Å². The molecule has 170 valence electrons. The molecular formula is C25H38F2O3. The molecule has 1 aliphatic carbocycles. The normalized spacial score (nSPS) is 18.9. The molecule has 0 unspecified atom stereocenters. The Bertz CT molecular complexity index is 640. The minimum atomic E-state index is -1.15. The van der Waals surface area contributed by atoms with E-state index >= 15 is 0 Å². The number of carbonyl (C=O) groups is 1. The summed E-state index contributed by atoms with van der Waals surface area (Å²) < 4.78 is 39.2. The van der Waals surface area contributed by atoms with Crippen LogP contribution in [0.3, 0.4) is 0 Å². The maximum atomic E-state index is 14.4. The Morgan fingerprint density at radius 1 is 0.867 bits per heavy atom. The SMILES string of the molecule is CCCCCCCOc1ccc(OC(=O)[C@H]2CC[C@H](CCCCC)CC2)c(F)c1F. The van der Waals surface area contributed by atoms with Crippen LogP contribution in [0.15, 0.2) is 12.1 Å². The number of hydrogen-bond acceptors (Lipinski definition) is 3. The molecule has 0 heterocycles. The average molecular weight is 425 g/mol. The number of unbranched alkanes of at least 4 members (excludes halogenated alkanes) is 6. The first-order valence-electron chi connectivity index (χ1n) is 11.9. The number of halogens is 2. The zero-order valence-electron chi connectivity index (χ0n) is 18.7. The van der Waals surface area contributed by atoms with Crippen LogP contribution in [0.2, 0.25) is 0 Å². The number of esters is 1. The van der Waals surface area contributed by atoms with Gasteiger partial charge >= 0.3 is 5.97 Å². The lowest BCUT2D eigenvalue weighted by Crippen LogP contribution is -2.26. The molecule has 2 rings (SSSR count). The lowest BCUT2D eigenvalue weighted by Gasteiger charge is -2.27. The van der Waals surface area contributed by atoms with Gasteiger partial charge in [0.1, 0.15) is 0 Å². The molecule has 1 aromatic rings. The van der Waals surface area contributed by atoms with Crippen molar-refractivity contribution in [1.29, 1.82) is 0 Å². The van der Waals surface area contributed by atoms with Crippen LogP contribution in [0.25, 0.3) is 0 Å². The van der Waals surface area contributed by atoms with Gasteiger partial charge in [0.25, 0.3) is 0 Å². The van der Waals surface area contributed by atoms with Crippen molar-refractivity contribution in [2.75, 3.05) is 6.61 Å². The summed E-state index contributed by atoms with van der Waals surface area (Å²) in [5, 5.41) is 0. The Morgan fingerprint density at radius 2 is 1.47 bits per heavy atom. The molecule has 0 saturated heterocycles. The van der Waals surface area contributed by atoms with Gasteiger partial charge in [0.05, 0.1) is 12.5 Å². The Balaban J connectivity index is 1.79. The van der Waals surface area contributed by atoms with E-state index in [2.05, 4.69) is 13.8 Å². The summed E-state index contributed by atoms with van der Waals surface area (Å²) in [6, 6.07) is 2.64. The second kappa shape index (κ2) is 13.6. The molecule has 0 amide bonds. The predicted octanol–water partition coefficient (Wildman–Crippen LogP) is 7.61. The van der Waals surface area contributed by atoms with Gasteiger partial charge in [-0.3, -0.25) is 4.79 Å². The second-order valence-corrected chi connectivity index (χ2v) is 8.59. The van der Waals surface area contributed by atoms with E-state index < -0.39 is 17.6 Å². The highest BCUT2D eigenvalue weighted by Gasteiger charge is 2.28. The first-order valence-corrected chi connectivity index (χ1v) is 11.9. The van der Waals surface area contributed by atoms with Gasteiger partial charge in [0.2, 0.25) is 11.6 Å². The van der Waals surface area contributed by atoms with Crippen LogP contribution in [0.4, 0.5) is 8.78 Å². The lowest BCUT2D eigenvalue weighted by atomic mass is 9.80. The second-order valence-electron chi connectivity index (χ2n) is 8.59. The van der Waals surface area contributed by atoms with E-state index in [0.29, 0.717) is 12.5 Å². The highest BCUT2D eigenvalue weighted by atomic mass is 19.2. The largest absolute Gasteiger partial charge is 0.490 e. The number of rotatable bonds is 13. The van der Waals surface area contributed by atoms with Crippen molar-refractivity contribution in [3.63, 3.8) is 0 Å². The van der Waals surface area contributed by atoms with E-state index in [1.54, 1.807) is 0 Å². The molecule has 1 aromatic carbocycles. The van der Waals surface area contributed by atoms with Crippen molar-refractivity contribution >= 4 is 5.97 Å². The summed E-state index contributed by atoms with van der Waals surface area (Å²) in [6.07, 6.45) is 13.7. The predicted molar refractivity (Wildman–Crippen MR) is 116 cm³/mol. The molecule has 0 N–H and O–H groups in total. The topological polar surface area (TPSA) is 35.5 Å². The summed E-state index contributed by atoms with van der Waals surface area (Å²) in [5.74, 6) is -2.73. The zero-order chi connectivity index (χ0) is 21.8. The highest BCUT2D eigenvalue weighted by Crippen LogP contribution is 2.34. The summed E-state index contributed by atoms with van der Waals surface area (Å²) in [6.45, 7) is 4.69. The zero-order valence-corrected chi connectivity index (χ0v) is 18.7. The fourth-order valence-corrected chi connectivity index (χ4v) is 4.15. The van der Waals surface area contributed by atoms with Gasteiger partial charge in [-0.2, -0.15) is 8.78 Å². The van der Waals surface area contributed by atoms with Crippen LogP contribution in [-0.4, -0.2) is 12.6 Å². The van der Waals surface area contributed by atoms with Crippen molar-refractivity contribution in [1.82, 2.24) is 0 Å². The van der Waals surface area contributed by atoms with Crippen LogP contribution >= 0.6 is 0 Å². The van der Waals surface area contributed by atoms with E-state index in [9.17, 15) is 13.6 Å². The van der Waals surface area contributed by atoms with Gasteiger partial charge in [-0.05, 0) is 50.2 Å². The maximum absolute atomic E-state index is 14.4. The van der Waals surface area contributed by atoms with Crippen molar-refractivity contribution in [2.24, 2.45) is 11.8 Å². The summed E-state index contributed by atoms with van der Waals surface area (Å²) in [4.78, 5) is 12.4. The van der Waals surface area contributed by atoms with Crippen molar-refractivity contribution < 1.29 is 23.0 Å².